The van der Waals surface area contributed by atoms with Gasteiger partial charge in [0.2, 0.25) is 0 Å². The van der Waals surface area contributed by atoms with Crippen LogP contribution in [0.1, 0.15) is 35.7 Å². The Balaban J connectivity index is 0.00000338. The van der Waals surface area contributed by atoms with Gasteiger partial charge in [-0.05, 0) is 56.5 Å². The van der Waals surface area contributed by atoms with E-state index in [2.05, 4.69) is 60.9 Å². The summed E-state index contributed by atoms with van der Waals surface area (Å²) in [6.07, 6.45) is 2.05. The van der Waals surface area contributed by atoms with Gasteiger partial charge in [0.1, 0.15) is 0 Å². The molecule has 146 valence electrons. The van der Waals surface area contributed by atoms with Gasteiger partial charge >= 0.3 is 0 Å². The molecule has 0 spiro atoms. The van der Waals surface area contributed by atoms with Crippen molar-refractivity contribution in [2.45, 2.75) is 40.5 Å². The van der Waals surface area contributed by atoms with Gasteiger partial charge in [0.25, 0.3) is 0 Å². The first-order chi connectivity index (χ1) is 12.0. The summed E-state index contributed by atoms with van der Waals surface area (Å²) in [5.74, 6) is 1.44. The molecule has 1 atom stereocenters. The molecule has 26 heavy (non-hydrogen) atoms. The zero-order valence-corrected chi connectivity index (χ0v) is 19.6. The molecule has 0 aliphatic heterocycles. The van der Waals surface area contributed by atoms with Crippen LogP contribution in [-0.4, -0.2) is 35.4 Å². The van der Waals surface area contributed by atoms with Gasteiger partial charge in [-0.1, -0.05) is 13.0 Å². The van der Waals surface area contributed by atoms with Crippen molar-refractivity contribution in [2.24, 2.45) is 18.0 Å². The van der Waals surface area contributed by atoms with Crippen LogP contribution in [-0.2, 0) is 19.9 Å². The predicted octanol–water partition coefficient (Wildman–Crippen LogP) is 3.69. The van der Waals surface area contributed by atoms with Gasteiger partial charge in [-0.15, -0.1) is 35.3 Å². The number of rotatable bonds is 8. The predicted molar refractivity (Wildman–Crippen MR) is 123 cm³/mol. The number of nitrogens with one attached hydrogen (secondary N) is 2. The van der Waals surface area contributed by atoms with Crippen molar-refractivity contribution in [3.8, 4) is 0 Å². The smallest absolute Gasteiger partial charge is 0.191 e. The Kier molecular flexibility index (Phi) is 10.2. The van der Waals surface area contributed by atoms with Gasteiger partial charge in [0.15, 0.2) is 5.96 Å². The van der Waals surface area contributed by atoms with Gasteiger partial charge in [-0.3, -0.25) is 9.67 Å². The fourth-order valence-corrected chi connectivity index (χ4v) is 3.78. The molecule has 1 unspecified atom stereocenters. The summed E-state index contributed by atoms with van der Waals surface area (Å²) >= 11 is 1.82. The Morgan fingerprint density at radius 3 is 2.69 bits per heavy atom. The first-order valence-electron chi connectivity index (χ1n) is 9.04. The maximum atomic E-state index is 4.75. The lowest BCUT2D eigenvalue weighted by atomic mass is 10.1. The molecule has 0 amide bonds. The molecule has 5 nitrogen and oxygen atoms in total. The number of hydrogen-bond donors (Lipinski definition) is 2. The Morgan fingerprint density at radius 2 is 2.12 bits per heavy atom. The molecule has 2 rings (SSSR count). The lowest BCUT2D eigenvalue weighted by Crippen LogP contribution is -2.38. The summed E-state index contributed by atoms with van der Waals surface area (Å²) in [4.78, 5) is 6.19. The van der Waals surface area contributed by atoms with E-state index in [4.69, 9.17) is 4.99 Å². The Morgan fingerprint density at radius 1 is 1.35 bits per heavy atom. The van der Waals surface area contributed by atoms with E-state index in [-0.39, 0.29) is 24.0 Å². The highest BCUT2D eigenvalue weighted by Gasteiger charge is 2.09. The molecule has 2 aromatic heterocycles. The molecule has 0 radical (unpaired) electrons. The highest BCUT2D eigenvalue weighted by molar-refractivity contribution is 14.0. The minimum absolute atomic E-state index is 0. The van der Waals surface area contributed by atoms with E-state index >= 15 is 0 Å². The van der Waals surface area contributed by atoms with E-state index in [0.717, 1.165) is 44.1 Å². The number of aromatic nitrogens is 2. The minimum Gasteiger partial charge on any atom is -0.357 e. The summed E-state index contributed by atoms with van der Waals surface area (Å²) in [5, 5.41) is 13.4. The minimum atomic E-state index is 0. The third-order valence-corrected chi connectivity index (χ3v) is 5.26. The normalized spacial score (nSPS) is 12.6. The van der Waals surface area contributed by atoms with Crippen LogP contribution in [0.3, 0.4) is 0 Å². The summed E-state index contributed by atoms with van der Waals surface area (Å²) < 4.78 is 1.95. The van der Waals surface area contributed by atoms with Gasteiger partial charge < -0.3 is 10.6 Å². The van der Waals surface area contributed by atoms with Crippen LogP contribution in [0.4, 0.5) is 0 Å². The molecule has 0 bridgehead atoms. The zero-order valence-electron chi connectivity index (χ0n) is 16.5. The Hall–Kier alpha value is -1.09. The van der Waals surface area contributed by atoms with Crippen LogP contribution in [0.25, 0.3) is 0 Å². The third-order valence-electron chi connectivity index (χ3n) is 4.36. The average Bonchev–Trinajstić information content (AvgIpc) is 3.16. The second-order valence-electron chi connectivity index (χ2n) is 6.56. The van der Waals surface area contributed by atoms with Crippen LogP contribution in [0.2, 0.25) is 0 Å². The van der Waals surface area contributed by atoms with E-state index in [9.17, 15) is 0 Å². The maximum Gasteiger partial charge on any atom is 0.191 e. The van der Waals surface area contributed by atoms with Crippen molar-refractivity contribution < 1.29 is 0 Å². The number of nitrogens with zero attached hydrogens (tertiary/aromatic N) is 3. The number of guanidine groups is 1. The largest absolute Gasteiger partial charge is 0.357 e. The number of aryl methyl sites for hydroxylation is 2. The summed E-state index contributed by atoms with van der Waals surface area (Å²) in [7, 11) is 2.00. The Labute approximate surface area is 178 Å². The average molecular weight is 489 g/mol. The van der Waals surface area contributed by atoms with Crippen molar-refractivity contribution in [2.75, 3.05) is 19.6 Å². The molecule has 2 aromatic rings. The molecule has 0 saturated heterocycles. The fourth-order valence-electron chi connectivity index (χ4n) is 2.91. The van der Waals surface area contributed by atoms with E-state index in [1.807, 2.05) is 23.1 Å². The topological polar surface area (TPSA) is 54.2 Å². The van der Waals surface area contributed by atoms with E-state index in [1.165, 1.54) is 16.1 Å². The molecule has 0 aliphatic rings. The lowest BCUT2D eigenvalue weighted by Gasteiger charge is -2.13. The zero-order chi connectivity index (χ0) is 18.2. The first kappa shape index (κ1) is 23.0. The van der Waals surface area contributed by atoms with Crippen LogP contribution < -0.4 is 10.6 Å². The second-order valence-corrected chi connectivity index (χ2v) is 7.59. The molecule has 2 N–H and O–H groups in total. The first-order valence-corrected chi connectivity index (χ1v) is 9.92. The molecule has 0 saturated carbocycles. The van der Waals surface area contributed by atoms with Crippen molar-refractivity contribution in [3.05, 3.63) is 39.3 Å². The van der Waals surface area contributed by atoms with Crippen molar-refractivity contribution in [3.63, 3.8) is 0 Å². The van der Waals surface area contributed by atoms with Crippen molar-refractivity contribution >= 4 is 41.3 Å². The van der Waals surface area contributed by atoms with E-state index < -0.39 is 0 Å². The quantitative estimate of drug-likeness (QED) is 0.338. The van der Waals surface area contributed by atoms with Gasteiger partial charge in [-0.2, -0.15) is 5.10 Å². The van der Waals surface area contributed by atoms with Crippen LogP contribution >= 0.6 is 35.3 Å². The van der Waals surface area contributed by atoms with E-state index in [0.29, 0.717) is 5.92 Å². The number of thiophene rings is 1. The van der Waals surface area contributed by atoms with Crippen LogP contribution in [0.15, 0.2) is 22.5 Å². The van der Waals surface area contributed by atoms with Crippen molar-refractivity contribution in [1.82, 2.24) is 20.4 Å². The van der Waals surface area contributed by atoms with Gasteiger partial charge in [0.05, 0.1) is 5.69 Å². The monoisotopic (exact) mass is 489 g/mol. The number of aliphatic imine (C=N–C) groups is 1. The number of halogens is 1. The molecule has 0 fully saturated rings. The summed E-state index contributed by atoms with van der Waals surface area (Å²) in [6.45, 7) is 11.1. The summed E-state index contributed by atoms with van der Waals surface area (Å²) in [6, 6.07) is 4.32. The molecular weight excluding hydrogens is 457 g/mol. The molecule has 7 heteroatoms. The fraction of sp³-hybridized carbons (Fsp3) is 0.579. The van der Waals surface area contributed by atoms with E-state index in [1.54, 1.807) is 0 Å². The highest BCUT2D eigenvalue weighted by atomic mass is 127. The van der Waals surface area contributed by atoms with Crippen LogP contribution in [0, 0.1) is 19.8 Å². The number of hydrogen-bond acceptors (Lipinski definition) is 3. The van der Waals surface area contributed by atoms with Gasteiger partial charge in [-0.25, -0.2) is 0 Å². The second kappa shape index (κ2) is 11.6. The molecular formula is C19H32IN5S. The standard InChI is InChI=1S/C19H31N5S.HI/c1-6-20-19(22-13-14(2)12-17-8-7-11-25-17)21-10-9-18-15(3)23-24(5)16(18)4;/h7-8,11,14H,6,9-10,12-13H2,1-5H3,(H2,20,21,22);1H. The van der Waals surface area contributed by atoms with Crippen LogP contribution in [0.5, 0.6) is 0 Å². The third kappa shape index (κ3) is 6.90. The maximum absolute atomic E-state index is 4.75. The molecule has 0 aliphatic carbocycles. The SMILES string of the molecule is CCNC(=NCC(C)Cc1cccs1)NCCc1c(C)nn(C)c1C.I. The Bertz CT molecular complexity index is 678. The molecule has 2 heterocycles. The summed E-state index contributed by atoms with van der Waals surface area (Å²) in [5.41, 5.74) is 3.69. The van der Waals surface area contributed by atoms with Crippen molar-refractivity contribution in [1.29, 1.82) is 0 Å². The van der Waals surface area contributed by atoms with Gasteiger partial charge in [0, 0.05) is 37.3 Å². The highest BCUT2D eigenvalue weighted by Crippen LogP contribution is 2.14. The lowest BCUT2D eigenvalue weighted by molar-refractivity contribution is 0.595. The molecule has 0 aromatic carbocycles.